The van der Waals surface area contributed by atoms with Crippen LogP contribution in [-0.2, 0) is 29.5 Å². The predicted molar refractivity (Wildman–Crippen MR) is 94.2 cm³/mol. The zero-order valence-electron chi connectivity index (χ0n) is 13.7. The number of carboxylic acids is 1. The molecule has 25 heavy (non-hydrogen) atoms. The molecule has 0 saturated heterocycles. The fraction of sp³-hybridized carbons (Fsp3) is 0.375. The third-order valence-corrected chi connectivity index (χ3v) is 7.79. The van der Waals surface area contributed by atoms with E-state index in [4.69, 9.17) is 0 Å². The number of fused-ring (bicyclic) bond motifs is 1. The van der Waals surface area contributed by atoms with Gasteiger partial charge in [0, 0.05) is 36.9 Å². The van der Waals surface area contributed by atoms with Crippen molar-refractivity contribution in [3.63, 3.8) is 0 Å². The molecule has 3 heterocycles. The van der Waals surface area contributed by atoms with Gasteiger partial charge >= 0.3 is 5.97 Å². The van der Waals surface area contributed by atoms with Crippen LogP contribution in [0, 0.1) is 0 Å². The zero-order chi connectivity index (χ0) is 18.0. The molecule has 1 aliphatic heterocycles. The van der Waals surface area contributed by atoms with E-state index in [1.54, 1.807) is 31.5 Å². The summed E-state index contributed by atoms with van der Waals surface area (Å²) >= 11 is 1.07. The first-order valence-corrected chi connectivity index (χ1v) is 10.2. The van der Waals surface area contributed by atoms with E-state index >= 15 is 0 Å². The van der Waals surface area contributed by atoms with E-state index in [1.807, 2.05) is 0 Å². The van der Waals surface area contributed by atoms with Gasteiger partial charge in [-0.05, 0) is 36.2 Å². The highest BCUT2D eigenvalue weighted by Gasteiger charge is 2.35. The van der Waals surface area contributed by atoms with Gasteiger partial charge in [0.2, 0.25) is 0 Å². The summed E-state index contributed by atoms with van der Waals surface area (Å²) < 4.78 is 27.5. The number of carbonyl (C=O) groups is 1. The largest absolute Gasteiger partial charge is 0.478 e. The topological polar surface area (TPSA) is 99.6 Å². The third-order valence-electron chi connectivity index (χ3n) is 4.14. The molecule has 0 bridgehead atoms. The first-order valence-electron chi connectivity index (χ1n) is 7.92. The lowest BCUT2D eigenvalue weighted by atomic mass is 10.1. The number of rotatable bonds is 6. The average molecular weight is 381 g/mol. The second-order valence-electron chi connectivity index (χ2n) is 5.68. The van der Waals surface area contributed by atoms with Gasteiger partial charge < -0.3 is 10.4 Å². The van der Waals surface area contributed by atoms with Gasteiger partial charge in [-0.25, -0.2) is 13.2 Å². The number of sulfonamides is 1. The summed E-state index contributed by atoms with van der Waals surface area (Å²) in [4.78, 5) is 16.5. The Morgan fingerprint density at radius 3 is 2.76 bits per heavy atom. The summed E-state index contributed by atoms with van der Waals surface area (Å²) in [5, 5.41) is 12.8. The smallest absolute Gasteiger partial charge is 0.338 e. The molecule has 0 saturated carbocycles. The Kier molecular flexibility index (Phi) is 5.19. The highest BCUT2D eigenvalue weighted by molar-refractivity contribution is 7.91. The molecule has 0 spiro atoms. The van der Waals surface area contributed by atoms with Gasteiger partial charge in [0.1, 0.15) is 4.21 Å². The van der Waals surface area contributed by atoms with Gasteiger partial charge in [-0.1, -0.05) is 6.92 Å². The number of thiophene rings is 1. The fourth-order valence-electron chi connectivity index (χ4n) is 2.88. The molecule has 134 valence electrons. The van der Waals surface area contributed by atoms with Gasteiger partial charge in [-0.2, -0.15) is 4.31 Å². The van der Waals surface area contributed by atoms with Crippen molar-refractivity contribution in [3.05, 3.63) is 46.1 Å². The number of aromatic carboxylic acids is 1. The first kappa shape index (κ1) is 18.0. The maximum Gasteiger partial charge on any atom is 0.338 e. The Morgan fingerprint density at radius 1 is 1.40 bits per heavy atom. The van der Waals surface area contributed by atoms with Crippen LogP contribution in [-0.4, -0.2) is 41.9 Å². The molecule has 9 heteroatoms. The highest BCUT2D eigenvalue weighted by Crippen LogP contribution is 2.36. The second-order valence-corrected chi connectivity index (χ2v) is 8.92. The van der Waals surface area contributed by atoms with Crippen LogP contribution in [0.2, 0.25) is 0 Å². The van der Waals surface area contributed by atoms with Gasteiger partial charge in [-0.3, -0.25) is 4.98 Å². The Bertz CT molecular complexity index is 878. The van der Waals surface area contributed by atoms with Crippen LogP contribution in [0.25, 0.3) is 0 Å². The second kappa shape index (κ2) is 7.20. The molecule has 2 aromatic heterocycles. The van der Waals surface area contributed by atoms with E-state index in [-0.39, 0.29) is 22.9 Å². The molecule has 0 aromatic carbocycles. The van der Waals surface area contributed by atoms with Gasteiger partial charge in [0.25, 0.3) is 10.0 Å². The Hall–Kier alpha value is -1.81. The zero-order valence-corrected chi connectivity index (χ0v) is 15.4. The Morgan fingerprint density at radius 2 is 2.12 bits per heavy atom. The monoisotopic (exact) mass is 381 g/mol. The van der Waals surface area contributed by atoms with Gasteiger partial charge in [0.15, 0.2) is 0 Å². The molecule has 0 amide bonds. The van der Waals surface area contributed by atoms with E-state index in [1.165, 1.54) is 4.31 Å². The Balaban J connectivity index is 2.04. The molecule has 0 atom stereocenters. The van der Waals surface area contributed by atoms with Crippen LogP contribution in [0.4, 0.5) is 0 Å². The maximum absolute atomic E-state index is 13.1. The lowest BCUT2D eigenvalue weighted by Crippen LogP contribution is -2.31. The molecule has 0 radical (unpaired) electrons. The van der Waals surface area contributed by atoms with Crippen molar-refractivity contribution >= 4 is 27.3 Å². The lowest BCUT2D eigenvalue weighted by molar-refractivity contribution is 0.0692. The minimum atomic E-state index is -3.90. The molecule has 2 N–H and O–H groups in total. The van der Waals surface area contributed by atoms with E-state index < -0.39 is 16.0 Å². The number of hydrogen-bond acceptors (Lipinski definition) is 6. The Labute approximate surface area is 150 Å². The van der Waals surface area contributed by atoms with Crippen molar-refractivity contribution in [2.24, 2.45) is 0 Å². The van der Waals surface area contributed by atoms with Gasteiger partial charge in [-0.15, -0.1) is 11.3 Å². The molecular weight excluding hydrogens is 362 g/mol. The predicted octanol–water partition coefficient (Wildman–Crippen LogP) is 1.70. The van der Waals surface area contributed by atoms with Crippen molar-refractivity contribution in [2.45, 2.75) is 30.6 Å². The molecule has 2 aromatic rings. The highest BCUT2D eigenvalue weighted by atomic mass is 32.2. The summed E-state index contributed by atoms with van der Waals surface area (Å²) in [5.41, 5.74) is 1.39. The van der Waals surface area contributed by atoms with Crippen molar-refractivity contribution in [3.8, 4) is 0 Å². The van der Waals surface area contributed by atoms with Crippen molar-refractivity contribution < 1.29 is 18.3 Å². The molecule has 7 nitrogen and oxygen atoms in total. The van der Waals surface area contributed by atoms with Crippen LogP contribution in [0.15, 0.2) is 28.7 Å². The van der Waals surface area contributed by atoms with Crippen molar-refractivity contribution in [1.29, 1.82) is 0 Å². The van der Waals surface area contributed by atoms with E-state index in [0.29, 0.717) is 25.1 Å². The quantitative estimate of drug-likeness (QED) is 0.790. The third kappa shape index (κ3) is 3.45. The molecule has 0 aliphatic carbocycles. The van der Waals surface area contributed by atoms with E-state index in [2.05, 4.69) is 10.3 Å². The molecule has 1 aliphatic rings. The molecule has 3 rings (SSSR count). The summed E-state index contributed by atoms with van der Waals surface area (Å²) in [6.07, 6.45) is 3.74. The van der Waals surface area contributed by atoms with Crippen LogP contribution in [0.1, 0.15) is 33.3 Å². The fourth-order valence-corrected chi connectivity index (χ4v) is 6.32. The number of aromatic nitrogens is 1. The van der Waals surface area contributed by atoms with Crippen LogP contribution >= 0.6 is 11.3 Å². The number of nitrogens with zero attached hydrogens (tertiary/aromatic N) is 2. The van der Waals surface area contributed by atoms with E-state index in [0.717, 1.165) is 21.8 Å². The van der Waals surface area contributed by atoms with Crippen LogP contribution in [0.5, 0.6) is 0 Å². The van der Waals surface area contributed by atoms with Crippen LogP contribution < -0.4 is 5.32 Å². The van der Waals surface area contributed by atoms with Gasteiger partial charge in [0.05, 0.1) is 5.56 Å². The van der Waals surface area contributed by atoms with E-state index in [9.17, 15) is 18.3 Å². The molecule has 0 fully saturated rings. The summed E-state index contributed by atoms with van der Waals surface area (Å²) in [7, 11) is -3.90. The lowest BCUT2D eigenvalue weighted by Gasteiger charge is -2.20. The van der Waals surface area contributed by atoms with Crippen molar-refractivity contribution in [2.75, 3.05) is 13.1 Å². The summed E-state index contributed by atoms with van der Waals surface area (Å²) in [5.74, 6) is -1.18. The number of nitrogens with one attached hydrogen (secondary N) is 1. The average Bonchev–Trinajstić information content (AvgIpc) is 3.01. The number of hydrogen-bond donors (Lipinski definition) is 2. The minimum absolute atomic E-state index is 0.0605. The maximum atomic E-state index is 13.1. The first-order chi connectivity index (χ1) is 11.9. The molecular formula is C16H19N3O4S2. The summed E-state index contributed by atoms with van der Waals surface area (Å²) in [6.45, 7) is 3.34. The van der Waals surface area contributed by atoms with Crippen molar-refractivity contribution in [1.82, 2.24) is 14.6 Å². The molecule has 0 unspecified atom stereocenters. The standard InChI is InChI=1S/C16H19N3O4S2/c1-2-19(10-11-3-6-17-7-4-11)25(22,23)16-14(15(20)21)12-5-8-18-9-13(12)24-16/h3-4,6-7,18H,2,5,8-10H2,1H3,(H,20,21). The minimum Gasteiger partial charge on any atom is -0.478 e. The number of pyridine rings is 1. The summed E-state index contributed by atoms with van der Waals surface area (Å²) in [6, 6.07) is 3.50. The van der Waals surface area contributed by atoms with Crippen LogP contribution in [0.3, 0.4) is 0 Å². The number of carboxylic acid groups (broad SMARTS) is 1. The normalized spacial score (nSPS) is 14.5. The SMILES string of the molecule is CCN(Cc1ccncc1)S(=O)(=O)c1sc2c(c1C(=O)O)CCNC2.